The van der Waals surface area contributed by atoms with Crippen molar-refractivity contribution in [3.05, 3.63) is 32.1 Å². The van der Waals surface area contributed by atoms with Gasteiger partial charge in [0.25, 0.3) is 5.19 Å². The summed E-state index contributed by atoms with van der Waals surface area (Å²) < 4.78 is 10.9. The van der Waals surface area contributed by atoms with E-state index in [-0.39, 0.29) is 15.2 Å². The number of aromatic nitrogens is 2. The Morgan fingerprint density at radius 3 is 2.89 bits per heavy atom. The highest BCUT2D eigenvalue weighted by molar-refractivity contribution is 14.1. The van der Waals surface area contributed by atoms with Gasteiger partial charge in [-0.3, -0.25) is 0 Å². The van der Waals surface area contributed by atoms with Crippen LogP contribution in [0.2, 0.25) is 5.15 Å². The van der Waals surface area contributed by atoms with Gasteiger partial charge < -0.3 is 9.47 Å². The molecule has 0 spiro atoms. The highest BCUT2D eigenvalue weighted by Crippen LogP contribution is 2.32. The van der Waals surface area contributed by atoms with Crippen LogP contribution in [0.3, 0.4) is 0 Å². The van der Waals surface area contributed by atoms with Gasteiger partial charge >= 0.3 is 5.97 Å². The maximum Gasteiger partial charge on any atom is 0.351 e. The number of ether oxygens (including phenoxy) is 2. The van der Waals surface area contributed by atoms with Gasteiger partial charge in [-0.1, -0.05) is 22.9 Å². The van der Waals surface area contributed by atoms with Crippen molar-refractivity contribution in [3.8, 4) is 10.9 Å². The molecule has 0 aromatic carbocycles. The Morgan fingerprint density at radius 2 is 2.28 bits per heavy atom. The average Bonchev–Trinajstić information content (AvgIpc) is 2.72. The summed E-state index contributed by atoms with van der Waals surface area (Å²) in [6.07, 6.45) is 1.56. The van der Waals surface area contributed by atoms with E-state index in [4.69, 9.17) is 16.3 Å². The SMILES string of the molecule is COC(=O)c1sc(Oc2ccc(I)nc2)nc1Cl. The van der Waals surface area contributed by atoms with E-state index in [0.717, 1.165) is 15.0 Å². The van der Waals surface area contributed by atoms with Crippen molar-refractivity contribution in [2.75, 3.05) is 7.11 Å². The number of halogens is 2. The van der Waals surface area contributed by atoms with Gasteiger partial charge in [-0.05, 0) is 34.7 Å². The molecule has 0 radical (unpaired) electrons. The van der Waals surface area contributed by atoms with Crippen molar-refractivity contribution in [3.63, 3.8) is 0 Å². The van der Waals surface area contributed by atoms with E-state index < -0.39 is 5.97 Å². The molecule has 0 saturated heterocycles. The molecule has 2 aromatic rings. The van der Waals surface area contributed by atoms with E-state index in [9.17, 15) is 4.79 Å². The number of nitrogens with zero attached hydrogens (tertiary/aromatic N) is 2. The van der Waals surface area contributed by atoms with Crippen LogP contribution in [0.4, 0.5) is 0 Å². The Bertz CT molecular complexity index is 573. The molecule has 18 heavy (non-hydrogen) atoms. The van der Waals surface area contributed by atoms with E-state index >= 15 is 0 Å². The first-order chi connectivity index (χ1) is 8.60. The second-order valence-corrected chi connectivity index (χ2v) is 5.43. The highest BCUT2D eigenvalue weighted by atomic mass is 127. The maximum absolute atomic E-state index is 11.3. The molecule has 0 atom stereocenters. The molecular weight excluding hydrogens is 391 g/mol. The third kappa shape index (κ3) is 3.09. The summed E-state index contributed by atoms with van der Waals surface area (Å²) in [5, 5.41) is 0.337. The maximum atomic E-state index is 11.3. The van der Waals surface area contributed by atoms with Crippen LogP contribution in [-0.4, -0.2) is 23.0 Å². The van der Waals surface area contributed by atoms with Gasteiger partial charge in [-0.2, -0.15) is 4.98 Å². The molecule has 2 heterocycles. The van der Waals surface area contributed by atoms with Crippen LogP contribution in [0.5, 0.6) is 10.9 Å². The predicted octanol–water partition coefficient (Wildman–Crippen LogP) is 3.38. The van der Waals surface area contributed by atoms with E-state index in [1.165, 1.54) is 7.11 Å². The van der Waals surface area contributed by atoms with Crippen LogP contribution in [-0.2, 0) is 4.74 Å². The lowest BCUT2D eigenvalue weighted by Crippen LogP contribution is -1.98. The monoisotopic (exact) mass is 396 g/mol. The minimum absolute atomic E-state index is 0.0697. The summed E-state index contributed by atoms with van der Waals surface area (Å²) in [7, 11) is 1.28. The molecule has 0 bridgehead atoms. The van der Waals surface area contributed by atoms with Crippen molar-refractivity contribution >= 4 is 51.5 Å². The fourth-order valence-corrected chi connectivity index (χ4v) is 2.45. The van der Waals surface area contributed by atoms with Gasteiger partial charge in [0.2, 0.25) is 0 Å². The number of methoxy groups -OCH3 is 1. The predicted molar refractivity (Wildman–Crippen MR) is 75.5 cm³/mol. The normalized spacial score (nSPS) is 10.2. The summed E-state index contributed by atoms with van der Waals surface area (Å²) in [5.74, 6) is -0.00895. The Hall–Kier alpha value is -0.930. The molecule has 0 amide bonds. The third-order valence-corrected chi connectivity index (χ3v) is 3.78. The van der Waals surface area contributed by atoms with Gasteiger partial charge in [0.15, 0.2) is 10.0 Å². The largest absolute Gasteiger partial charge is 0.465 e. The number of carbonyl (C=O) groups is 1. The van der Waals surface area contributed by atoms with Gasteiger partial charge in [-0.25, -0.2) is 9.78 Å². The van der Waals surface area contributed by atoms with Crippen LogP contribution in [0.1, 0.15) is 9.67 Å². The first-order valence-corrected chi connectivity index (χ1v) is 6.91. The highest BCUT2D eigenvalue weighted by Gasteiger charge is 2.18. The second kappa shape index (κ2) is 5.81. The number of pyridine rings is 1. The molecular formula is C10H6ClIN2O3S. The van der Waals surface area contributed by atoms with Crippen LogP contribution in [0.15, 0.2) is 18.3 Å². The lowest BCUT2D eigenvalue weighted by atomic mass is 10.5. The summed E-state index contributed by atoms with van der Waals surface area (Å²) in [5.41, 5.74) is 0. The van der Waals surface area contributed by atoms with Crippen molar-refractivity contribution < 1.29 is 14.3 Å². The summed E-state index contributed by atoms with van der Waals surface area (Å²) in [6, 6.07) is 3.55. The number of carbonyl (C=O) groups excluding carboxylic acids is 1. The van der Waals surface area contributed by atoms with Crippen LogP contribution >= 0.6 is 45.5 Å². The summed E-state index contributed by atoms with van der Waals surface area (Å²) >= 11 is 8.92. The molecule has 0 aliphatic heterocycles. The Morgan fingerprint density at radius 1 is 1.50 bits per heavy atom. The number of rotatable bonds is 3. The Labute approximate surface area is 125 Å². The molecule has 0 aliphatic rings. The van der Waals surface area contributed by atoms with Gasteiger partial charge in [0.1, 0.15) is 9.45 Å². The zero-order valence-corrected chi connectivity index (χ0v) is 12.7. The van der Waals surface area contributed by atoms with Gasteiger partial charge in [0.05, 0.1) is 13.3 Å². The smallest absolute Gasteiger partial charge is 0.351 e. The molecule has 0 unspecified atom stereocenters. The van der Waals surface area contributed by atoms with E-state index in [0.29, 0.717) is 5.75 Å². The van der Waals surface area contributed by atoms with E-state index in [2.05, 4.69) is 37.3 Å². The van der Waals surface area contributed by atoms with Crippen molar-refractivity contribution in [1.82, 2.24) is 9.97 Å². The molecule has 0 aliphatic carbocycles. The average molecular weight is 397 g/mol. The van der Waals surface area contributed by atoms with E-state index in [1.54, 1.807) is 18.3 Å². The van der Waals surface area contributed by atoms with Crippen molar-refractivity contribution in [1.29, 1.82) is 0 Å². The zero-order valence-electron chi connectivity index (χ0n) is 9.02. The topological polar surface area (TPSA) is 61.3 Å². The van der Waals surface area contributed by atoms with E-state index in [1.807, 2.05) is 0 Å². The fourth-order valence-electron chi connectivity index (χ4n) is 1.07. The first-order valence-electron chi connectivity index (χ1n) is 4.64. The minimum Gasteiger partial charge on any atom is -0.465 e. The summed E-state index contributed by atoms with van der Waals surface area (Å²) in [6.45, 7) is 0. The van der Waals surface area contributed by atoms with Crippen molar-refractivity contribution in [2.45, 2.75) is 0 Å². The Balaban J connectivity index is 2.20. The molecule has 0 N–H and O–H groups in total. The van der Waals surface area contributed by atoms with Crippen LogP contribution in [0.25, 0.3) is 0 Å². The van der Waals surface area contributed by atoms with Crippen molar-refractivity contribution in [2.24, 2.45) is 0 Å². The van der Waals surface area contributed by atoms with Crippen LogP contribution < -0.4 is 4.74 Å². The minimum atomic E-state index is -0.534. The molecule has 2 aromatic heterocycles. The summed E-state index contributed by atoms with van der Waals surface area (Å²) in [4.78, 5) is 19.6. The zero-order chi connectivity index (χ0) is 13.1. The number of hydrogen-bond donors (Lipinski definition) is 0. The van der Waals surface area contributed by atoms with Gasteiger partial charge in [-0.15, -0.1) is 0 Å². The molecule has 0 saturated carbocycles. The van der Waals surface area contributed by atoms with Gasteiger partial charge in [0, 0.05) is 0 Å². The standard InChI is InChI=1S/C10H6ClIN2O3S/c1-16-9(15)7-8(11)14-10(18-7)17-5-2-3-6(12)13-4-5/h2-4H,1H3. The number of esters is 1. The Kier molecular flexibility index (Phi) is 4.36. The molecule has 2 rings (SSSR count). The lowest BCUT2D eigenvalue weighted by Gasteiger charge is -1.99. The molecule has 5 nitrogen and oxygen atoms in total. The third-order valence-electron chi connectivity index (χ3n) is 1.84. The van der Waals surface area contributed by atoms with Crippen LogP contribution in [0, 0.1) is 3.70 Å². The second-order valence-electron chi connectivity index (χ2n) is 3.01. The lowest BCUT2D eigenvalue weighted by molar-refractivity contribution is 0.0606. The fraction of sp³-hybridized carbons (Fsp3) is 0.100. The molecule has 0 fully saturated rings. The molecule has 94 valence electrons. The molecule has 8 heteroatoms. The quantitative estimate of drug-likeness (QED) is 0.452. The first kappa shape index (κ1) is 13.5. The number of thiazole rings is 1. The number of hydrogen-bond acceptors (Lipinski definition) is 6.